The van der Waals surface area contributed by atoms with E-state index in [1.165, 1.54) is 6.07 Å². The fraction of sp³-hybridized carbons (Fsp3) is 0.481. The summed E-state index contributed by atoms with van der Waals surface area (Å²) in [6.45, 7) is 16.6. The van der Waals surface area contributed by atoms with Crippen molar-refractivity contribution in [3.8, 4) is 0 Å². The molecule has 2 aromatic rings. The van der Waals surface area contributed by atoms with Gasteiger partial charge in [-0.2, -0.15) is 0 Å². The molecule has 0 amide bonds. The van der Waals surface area contributed by atoms with Crippen LogP contribution in [0.3, 0.4) is 0 Å². The first-order chi connectivity index (χ1) is 14.5. The quantitative estimate of drug-likeness (QED) is 0.349. The number of amidine groups is 2. The van der Waals surface area contributed by atoms with Crippen LogP contribution < -0.4 is 4.90 Å². The minimum absolute atomic E-state index is 0.0598. The number of benzene rings is 2. The van der Waals surface area contributed by atoms with E-state index in [2.05, 4.69) is 27.7 Å². The molecule has 2 N–H and O–H groups in total. The minimum atomic E-state index is -0.281. The molecule has 0 bridgehead atoms. The Morgan fingerprint density at radius 1 is 0.968 bits per heavy atom. The first-order valence-corrected chi connectivity index (χ1v) is 11.3. The van der Waals surface area contributed by atoms with Gasteiger partial charge in [0.1, 0.15) is 17.5 Å². The summed E-state index contributed by atoms with van der Waals surface area (Å²) in [5, 5.41) is 18.2. The maximum absolute atomic E-state index is 14.5. The highest BCUT2D eigenvalue weighted by atomic mass is 19.1. The summed E-state index contributed by atoms with van der Waals surface area (Å²) in [4.78, 5) is 1.75. The first-order valence-electron chi connectivity index (χ1n) is 11.3. The molecule has 0 spiro atoms. The summed E-state index contributed by atoms with van der Waals surface area (Å²) < 4.78 is 14.5. The van der Waals surface area contributed by atoms with Crippen molar-refractivity contribution in [2.75, 3.05) is 4.90 Å². The van der Waals surface area contributed by atoms with Gasteiger partial charge in [-0.1, -0.05) is 59.7 Å². The lowest BCUT2D eigenvalue weighted by Crippen LogP contribution is -2.42. The monoisotopic (exact) mass is 423 g/mol. The van der Waals surface area contributed by atoms with Gasteiger partial charge >= 0.3 is 0 Å². The van der Waals surface area contributed by atoms with Crippen LogP contribution in [0.5, 0.6) is 0 Å². The van der Waals surface area contributed by atoms with Crippen molar-refractivity contribution in [3.63, 3.8) is 0 Å². The second-order valence-electron chi connectivity index (χ2n) is 9.17. The number of nitrogens with one attached hydrogen (secondary N) is 2. The van der Waals surface area contributed by atoms with Crippen molar-refractivity contribution in [1.82, 2.24) is 0 Å². The van der Waals surface area contributed by atoms with E-state index in [4.69, 9.17) is 5.41 Å². The predicted octanol–water partition coefficient (Wildman–Crippen LogP) is 7.62. The van der Waals surface area contributed by atoms with Gasteiger partial charge in [0.2, 0.25) is 0 Å². The molecule has 3 nitrogen and oxygen atoms in total. The van der Waals surface area contributed by atoms with E-state index in [9.17, 15) is 9.80 Å². The van der Waals surface area contributed by atoms with Gasteiger partial charge in [-0.3, -0.25) is 15.7 Å². The molecule has 2 aromatic carbocycles. The summed E-state index contributed by atoms with van der Waals surface area (Å²) in [6.07, 6.45) is 1.71. The molecule has 4 heteroatoms. The van der Waals surface area contributed by atoms with Crippen molar-refractivity contribution in [3.05, 3.63) is 64.5 Å². The highest BCUT2D eigenvalue weighted by Crippen LogP contribution is 2.42. The van der Waals surface area contributed by atoms with Gasteiger partial charge in [0.25, 0.3) is 0 Å². The standard InChI is InChI=1S/C27H38FN3/c1-9-27(10-2,18(5)6)23-16-21(28)14-15-22(23)26(30)31(25(29)17(3)4)24-19(7)12-11-13-20(24)8/h11-18,29-30H,9-10H2,1-8H3. The van der Waals surface area contributed by atoms with Gasteiger partial charge in [-0.15, -0.1) is 0 Å². The smallest absolute Gasteiger partial charge is 0.138 e. The Morgan fingerprint density at radius 3 is 1.97 bits per heavy atom. The SMILES string of the molecule is CCC(CC)(c1cc(F)ccc1C(=N)N(C(=N)C(C)C)c1c(C)cccc1C)C(C)C. The lowest BCUT2D eigenvalue weighted by Gasteiger charge is -2.39. The Balaban J connectivity index is 2.82. The van der Waals surface area contributed by atoms with Crippen LogP contribution in [0.4, 0.5) is 10.1 Å². The van der Waals surface area contributed by atoms with Crippen molar-refractivity contribution < 1.29 is 4.39 Å². The van der Waals surface area contributed by atoms with Crippen molar-refractivity contribution >= 4 is 17.4 Å². The maximum atomic E-state index is 14.5. The number of rotatable bonds is 7. The van der Waals surface area contributed by atoms with Crippen LogP contribution in [0.25, 0.3) is 0 Å². The maximum Gasteiger partial charge on any atom is 0.138 e. The van der Waals surface area contributed by atoms with Crippen LogP contribution in [0.2, 0.25) is 0 Å². The van der Waals surface area contributed by atoms with Gasteiger partial charge in [-0.05, 0) is 72.9 Å². The number of nitrogens with zero attached hydrogens (tertiary/aromatic N) is 1. The van der Waals surface area contributed by atoms with Gasteiger partial charge in [0, 0.05) is 11.5 Å². The number of hydrogen-bond acceptors (Lipinski definition) is 2. The molecule has 0 saturated carbocycles. The van der Waals surface area contributed by atoms with Crippen molar-refractivity contribution in [1.29, 1.82) is 10.8 Å². The van der Waals surface area contributed by atoms with Crippen LogP contribution in [0.15, 0.2) is 36.4 Å². The van der Waals surface area contributed by atoms with Gasteiger partial charge in [0.05, 0.1) is 5.69 Å². The molecule has 168 valence electrons. The molecule has 0 atom stereocenters. The summed E-state index contributed by atoms with van der Waals surface area (Å²) in [7, 11) is 0. The molecule has 0 aliphatic carbocycles. The highest BCUT2D eigenvalue weighted by Gasteiger charge is 2.36. The first kappa shape index (κ1) is 24.8. The molecular formula is C27H38FN3. The molecule has 0 aromatic heterocycles. The Labute approximate surface area is 187 Å². The largest absolute Gasteiger partial charge is 0.288 e. The lowest BCUT2D eigenvalue weighted by atomic mass is 9.66. The van der Waals surface area contributed by atoms with E-state index in [0.29, 0.717) is 11.4 Å². The average Bonchev–Trinajstić information content (AvgIpc) is 2.71. The molecular weight excluding hydrogens is 385 g/mol. The Morgan fingerprint density at radius 2 is 1.52 bits per heavy atom. The Kier molecular flexibility index (Phi) is 7.80. The summed E-state index contributed by atoms with van der Waals surface area (Å²) in [5.41, 5.74) is 4.22. The van der Waals surface area contributed by atoms with Crippen molar-refractivity contribution in [2.24, 2.45) is 11.8 Å². The van der Waals surface area contributed by atoms with Crippen molar-refractivity contribution in [2.45, 2.75) is 73.6 Å². The topological polar surface area (TPSA) is 50.9 Å². The molecule has 0 unspecified atom stereocenters. The Bertz CT molecular complexity index is 935. The van der Waals surface area contributed by atoms with Gasteiger partial charge < -0.3 is 0 Å². The highest BCUT2D eigenvalue weighted by molar-refractivity contribution is 6.24. The number of para-hydroxylation sites is 1. The second kappa shape index (κ2) is 9.76. The molecule has 0 saturated heterocycles. The molecule has 0 fully saturated rings. The molecule has 2 rings (SSSR count). The lowest BCUT2D eigenvalue weighted by molar-refractivity contribution is 0.282. The van der Waals surface area contributed by atoms with E-state index in [-0.39, 0.29) is 28.9 Å². The zero-order chi connectivity index (χ0) is 23.5. The van der Waals surface area contributed by atoms with Crippen LogP contribution in [-0.4, -0.2) is 11.7 Å². The minimum Gasteiger partial charge on any atom is -0.288 e. The van der Waals surface area contributed by atoms with E-state index in [1.807, 2.05) is 45.9 Å². The predicted molar refractivity (Wildman–Crippen MR) is 131 cm³/mol. The summed E-state index contributed by atoms with van der Waals surface area (Å²) in [5.74, 6) is 0.541. The molecule has 0 radical (unpaired) electrons. The number of hydrogen-bond donors (Lipinski definition) is 2. The van der Waals surface area contributed by atoms with Crippen LogP contribution in [0.1, 0.15) is 76.6 Å². The third-order valence-electron chi connectivity index (χ3n) is 6.81. The van der Waals surface area contributed by atoms with E-state index in [1.54, 1.807) is 17.0 Å². The van der Waals surface area contributed by atoms with E-state index >= 15 is 0 Å². The van der Waals surface area contributed by atoms with E-state index in [0.717, 1.165) is 35.2 Å². The van der Waals surface area contributed by atoms with E-state index < -0.39 is 0 Å². The number of halogens is 1. The fourth-order valence-electron chi connectivity index (χ4n) is 4.78. The fourth-order valence-corrected chi connectivity index (χ4v) is 4.78. The summed E-state index contributed by atoms with van der Waals surface area (Å²) >= 11 is 0. The third-order valence-corrected chi connectivity index (χ3v) is 6.81. The number of aryl methyl sites for hydroxylation is 2. The second-order valence-corrected chi connectivity index (χ2v) is 9.17. The molecule has 31 heavy (non-hydrogen) atoms. The van der Waals surface area contributed by atoms with Gasteiger partial charge in [-0.25, -0.2) is 4.39 Å². The van der Waals surface area contributed by atoms with Crippen LogP contribution in [-0.2, 0) is 5.41 Å². The average molecular weight is 424 g/mol. The summed E-state index contributed by atoms with van der Waals surface area (Å²) in [6, 6.07) is 10.8. The number of anilines is 1. The third kappa shape index (κ3) is 4.58. The normalized spacial score (nSPS) is 11.8. The zero-order valence-corrected chi connectivity index (χ0v) is 20.4. The zero-order valence-electron chi connectivity index (χ0n) is 20.4. The molecule has 0 heterocycles. The Hall–Kier alpha value is -2.49. The van der Waals surface area contributed by atoms with Crippen LogP contribution in [0, 0.1) is 42.3 Å². The van der Waals surface area contributed by atoms with Gasteiger partial charge in [0.15, 0.2) is 0 Å². The molecule has 0 aliphatic heterocycles. The van der Waals surface area contributed by atoms with Crippen LogP contribution >= 0.6 is 0 Å². The molecule has 0 aliphatic rings.